The van der Waals surface area contributed by atoms with Gasteiger partial charge in [0.1, 0.15) is 0 Å². The predicted molar refractivity (Wildman–Crippen MR) is 67.7 cm³/mol. The molecule has 0 aliphatic heterocycles. The van der Waals surface area contributed by atoms with Crippen molar-refractivity contribution in [2.75, 3.05) is 27.4 Å². The van der Waals surface area contributed by atoms with Crippen LogP contribution in [0.15, 0.2) is 0 Å². The van der Waals surface area contributed by atoms with Crippen LogP contribution in [-0.2, 0) is 9.47 Å². The van der Waals surface area contributed by atoms with E-state index in [-0.39, 0.29) is 0 Å². The summed E-state index contributed by atoms with van der Waals surface area (Å²) in [5, 5.41) is 0. The summed E-state index contributed by atoms with van der Waals surface area (Å²) in [7, 11) is 3.56. The third kappa shape index (κ3) is 5.86. The SMILES string of the molecule is COCC(CCCC1CCCCC1)COC. The summed E-state index contributed by atoms with van der Waals surface area (Å²) >= 11 is 0. The number of hydrogen-bond acceptors (Lipinski definition) is 2. The fraction of sp³-hybridized carbons (Fsp3) is 1.00. The zero-order chi connectivity index (χ0) is 11.6. The molecule has 0 radical (unpaired) electrons. The van der Waals surface area contributed by atoms with Crippen molar-refractivity contribution >= 4 is 0 Å². The lowest BCUT2D eigenvalue weighted by Crippen LogP contribution is -2.15. The highest BCUT2D eigenvalue weighted by atomic mass is 16.5. The molecule has 1 aliphatic rings. The highest BCUT2D eigenvalue weighted by molar-refractivity contribution is 4.67. The first-order chi connectivity index (χ1) is 7.86. The minimum Gasteiger partial charge on any atom is -0.384 e. The first-order valence-electron chi connectivity index (χ1n) is 6.84. The summed E-state index contributed by atoms with van der Waals surface area (Å²) in [4.78, 5) is 0. The lowest BCUT2D eigenvalue weighted by Gasteiger charge is -2.22. The molecule has 0 saturated heterocycles. The van der Waals surface area contributed by atoms with Gasteiger partial charge in [0.25, 0.3) is 0 Å². The highest BCUT2D eigenvalue weighted by Crippen LogP contribution is 2.28. The molecule has 2 nitrogen and oxygen atoms in total. The Bertz CT molecular complexity index is 147. The summed E-state index contributed by atoms with van der Waals surface area (Å²) in [5.41, 5.74) is 0. The number of ether oxygens (including phenoxy) is 2. The maximum atomic E-state index is 5.22. The van der Waals surface area contributed by atoms with Crippen molar-refractivity contribution in [2.24, 2.45) is 11.8 Å². The van der Waals surface area contributed by atoms with Crippen LogP contribution >= 0.6 is 0 Å². The van der Waals surface area contributed by atoms with Crippen LogP contribution in [0.5, 0.6) is 0 Å². The van der Waals surface area contributed by atoms with Gasteiger partial charge in [-0.15, -0.1) is 0 Å². The van der Waals surface area contributed by atoms with E-state index in [1.54, 1.807) is 14.2 Å². The van der Waals surface area contributed by atoms with Gasteiger partial charge in [-0.1, -0.05) is 44.9 Å². The van der Waals surface area contributed by atoms with Crippen molar-refractivity contribution in [3.05, 3.63) is 0 Å². The Balaban J connectivity index is 2.06. The van der Waals surface area contributed by atoms with Crippen molar-refractivity contribution in [3.63, 3.8) is 0 Å². The Hall–Kier alpha value is -0.0800. The van der Waals surface area contributed by atoms with Gasteiger partial charge in [0, 0.05) is 20.1 Å². The number of methoxy groups -OCH3 is 2. The minimum atomic E-state index is 0.596. The standard InChI is InChI=1S/C14H28O2/c1-15-11-14(12-16-2)10-6-9-13-7-4-3-5-8-13/h13-14H,3-12H2,1-2H3. The normalized spacial score (nSPS) is 18.2. The number of rotatable bonds is 8. The molecule has 2 heteroatoms. The molecule has 0 atom stereocenters. The fourth-order valence-corrected chi connectivity index (χ4v) is 2.86. The molecular formula is C14H28O2. The quantitative estimate of drug-likeness (QED) is 0.631. The van der Waals surface area contributed by atoms with Gasteiger partial charge < -0.3 is 9.47 Å². The van der Waals surface area contributed by atoms with Gasteiger partial charge in [0.15, 0.2) is 0 Å². The zero-order valence-electron chi connectivity index (χ0n) is 11.0. The van der Waals surface area contributed by atoms with Gasteiger partial charge in [0.2, 0.25) is 0 Å². The van der Waals surface area contributed by atoms with Crippen LogP contribution in [0.3, 0.4) is 0 Å². The topological polar surface area (TPSA) is 18.5 Å². The van der Waals surface area contributed by atoms with Crippen LogP contribution in [-0.4, -0.2) is 27.4 Å². The lowest BCUT2D eigenvalue weighted by atomic mass is 9.85. The molecule has 0 unspecified atom stereocenters. The summed E-state index contributed by atoms with van der Waals surface area (Å²) < 4.78 is 10.4. The molecule has 0 heterocycles. The first-order valence-corrected chi connectivity index (χ1v) is 6.84. The van der Waals surface area contributed by atoms with Crippen molar-refractivity contribution in [2.45, 2.75) is 51.4 Å². The molecular weight excluding hydrogens is 200 g/mol. The zero-order valence-corrected chi connectivity index (χ0v) is 11.0. The predicted octanol–water partition coefficient (Wildman–Crippen LogP) is 3.65. The minimum absolute atomic E-state index is 0.596. The smallest absolute Gasteiger partial charge is 0.0512 e. The average molecular weight is 228 g/mol. The highest BCUT2D eigenvalue weighted by Gasteiger charge is 2.14. The molecule has 0 bridgehead atoms. The molecule has 1 saturated carbocycles. The fourth-order valence-electron chi connectivity index (χ4n) is 2.86. The third-order valence-electron chi connectivity index (χ3n) is 3.75. The van der Waals surface area contributed by atoms with Crippen molar-refractivity contribution in [1.82, 2.24) is 0 Å². The van der Waals surface area contributed by atoms with Crippen LogP contribution < -0.4 is 0 Å². The van der Waals surface area contributed by atoms with E-state index in [0.717, 1.165) is 19.1 Å². The Morgan fingerprint density at radius 3 is 2.19 bits per heavy atom. The van der Waals surface area contributed by atoms with Crippen LogP contribution in [0.1, 0.15) is 51.4 Å². The van der Waals surface area contributed by atoms with E-state index < -0.39 is 0 Å². The Morgan fingerprint density at radius 2 is 1.62 bits per heavy atom. The average Bonchev–Trinajstić information content (AvgIpc) is 2.31. The van der Waals surface area contributed by atoms with Crippen LogP contribution in [0.2, 0.25) is 0 Å². The van der Waals surface area contributed by atoms with E-state index >= 15 is 0 Å². The van der Waals surface area contributed by atoms with Gasteiger partial charge in [-0.05, 0) is 12.3 Å². The van der Waals surface area contributed by atoms with Gasteiger partial charge in [-0.2, -0.15) is 0 Å². The molecule has 1 fully saturated rings. The third-order valence-corrected chi connectivity index (χ3v) is 3.75. The maximum Gasteiger partial charge on any atom is 0.0512 e. The molecule has 16 heavy (non-hydrogen) atoms. The van der Waals surface area contributed by atoms with Crippen molar-refractivity contribution in [3.8, 4) is 0 Å². The van der Waals surface area contributed by atoms with Crippen LogP contribution in [0.25, 0.3) is 0 Å². The van der Waals surface area contributed by atoms with Gasteiger partial charge in [-0.25, -0.2) is 0 Å². The van der Waals surface area contributed by atoms with E-state index in [1.165, 1.54) is 51.4 Å². The van der Waals surface area contributed by atoms with Crippen LogP contribution in [0.4, 0.5) is 0 Å². The monoisotopic (exact) mass is 228 g/mol. The Labute approximate surface area is 101 Å². The van der Waals surface area contributed by atoms with E-state index in [4.69, 9.17) is 9.47 Å². The first kappa shape index (κ1) is 14.0. The number of hydrogen-bond donors (Lipinski definition) is 0. The summed E-state index contributed by atoms with van der Waals surface area (Å²) in [6.07, 6.45) is 11.4. The molecule has 1 rings (SSSR count). The summed E-state index contributed by atoms with van der Waals surface area (Å²) in [5.74, 6) is 1.61. The van der Waals surface area contributed by atoms with Gasteiger partial charge >= 0.3 is 0 Å². The summed E-state index contributed by atoms with van der Waals surface area (Å²) in [6.45, 7) is 1.69. The van der Waals surface area contributed by atoms with Crippen LogP contribution in [0, 0.1) is 11.8 Å². The molecule has 0 aromatic rings. The molecule has 0 aromatic heterocycles. The maximum absolute atomic E-state index is 5.22. The Morgan fingerprint density at radius 1 is 1.00 bits per heavy atom. The second-order valence-corrected chi connectivity index (χ2v) is 5.21. The molecule has 0 aromatic carbocycles. The molecule has 0 N–H and O–H groups in total. The molecule has 0 spiro atoms. The van der Waals surface area contributed by atoms with E-state index in [0.29, 0.717) is 5.92 Å². The second kappa shape index (κ2) is 9.00. The molecule has 96 valence electrons. The molecule has 1 aliphatic carbocycles. The van der Waals surface area contributed by atoms with E-state index in [9.17, 15) is 0 Å². The molecule has 0 amide bonds. The summed E-state index contributed by atoms with van der Waals surface area (Å²) in [6, 6.07) is 0. The second-order valence-electron chi connectivity index (χ2n) is 5.21. The van der Waals surface area contributed by atoms with Gasteiger partial charge in [-0.3, -0.25) is 0 Å². The van der Waals surface area contributed by atoms with Crippen molar-refractivity contribution in [1.29, 1.82) is 0 Å². The lowest BCUT2D eigenvalue weighted by molar-refractivity contribution is 0.0782. The Kier molecular flexibility index (Phi) is 7.87. The van der Waals surface area contributed by atoms with Gasteiger partial charge in [0.05, 0.1) is 13.2 Å². The van der Waals surface area contributed by atoms with E-state index in [1.807, 2.05) is 0 Å². The largest absolute Gasteiger partial charge is 0.384 e. The van der Waals surface area contributed by atoms with Crippen molar-refractivity contribution < 1.29 is 9.47 Å². The van der Waals surface area contributed by atoms with E-state index in [2.05, 4.69) is 0 Å².